The molecule has 0 spiro atoms. The molecule has 0 saturated carbocycles. The first kappa shape index (κ1) is 17.0. The van der Waals surface area contributed by atoms with Crippen molar-refractivity contribution in [3.63, 3.8) is 0 Å². The highest BCUT2D eigenvalue weighted by atomic mass is 19.1. The smallest absolute Gasteiger partial charge is 0.165 e. The van der Waals surface area contributed by atoms with Gasteiger partial charge in [-0.3, -0.25) is 0 Å². The van der Waals surface area contributed by atoms with Crippen LogP contribution < -0.4 is 10.1 Å². The monoisotopic (exact) mass is 281 g/mol. The molecular weight excluding hydrogens is 253 g/mol. The van der Waals surface area contributed by atoms with Gasteiger partial charge in [0.15, 0.2) is 11.6 Å². The highest BCUT2D eigenvalue weighted by Gasteiger charge is 2.11. The number of methoxy groups -OCH3 is 1. The molecule has 1 aromatic carbocycles. The third kappa shape index (κ3) is 5.91. The molecule has 0 aromatic heterocycles. The second-order valence-electron chi connectivity index (χ2n) is 5.80. The van der Waals surface area contributed by atoms with Gasteiger partial charge < -0.3 is 10.1 Å². The minimum atomic E-state index is -0.275. The van der Waals surface area contributed by atoms with Crippen molar-refractivity contribution in [3.8, 4) is 5.75 Å². The number of nitrogens with one attached hydrogen (secondary N) is 1. The third-order valence-corrected chi connectivity index (χ3v) is 3.47. The predicted octanol–water partition coefficient (Wildman–Crippen LogP) is 4.18. The van der Waals surface area contributed by atoms with E-state index in [-0.39, 0.29) is 5.82 Å². The summed E-state index contributed by atoms with van der Waals surface area (Å²) in [4.78, 5) is 0. The van der Waals surface area contributed by atoms with Crippen LogP contribution in [0, 0.1) is 11.7 Å². The van der Waals surface area contributed by atoms with Gasteiger partial charge in [0.05, 0.1) is 7.11 Å². The van der Waals surface area contributed by atoms with Crippen molar-refractivity contribution < 1.29 is 9.13 Å². The maximum Gasteiger partial charge on any atom is 0.165 e. The summed E-state index contributed by atoms with van der Waals surface area (Å²) in [5.74, 6) is 0.741. The third-order valence-electron chi connectivity index (χ3n) is 3.47. The summed E-state index contributed by atoms with van der Waals surface area (Å²) in [5, 5.41) is 3.57. The van der Waals surface area contributed by atoms with Gasteiger partial charge in [0.1, 0.15) is 0 Å². The quantitative estimate of drug-likeness (QED) is 0.733. The van der Waals surface area contributed by atoms with Crippen molar-refractivity contribution in [2.24, 2.45) is 5.92 Å². The Morgan fingerprint density at radius 1 is 1.25 bits per heavy atom. The van der Waals surface area contributed by atoms with Gasteiger partial charge in [0.2, 0.25) is 0 Å². The van der Waals surface area contributed by atoms with Crippen LogP contribution in [0.1, 0.15) is 45.6 Å². The number of halogens is 1. The van der Waals surface area contributed by atoms with E-state index in [0.717, 1.165) is 31.4 Å². The minimum Gasteiger partial charge on any atom is -0.494 e. The Morgan fingerprint density at radius 3 is 2.55 bits per heavy atom. The van der Waals surface area contributed by atoms with Crippen molar-refractivity contribution in [1.29, 1.82) is 0 Å². The SMILES string of the molecule is CCCNC(CCC(C)C)Cc1ccc(OC)c(F)c1. The lowest BCUT2D eigenvalue weighted by molar-refractivity contribution is 0.385. The normalized spacial score (nSPS) is 12.7. The van der Waals surface area contributed by atoms with Crippen LogP contribution in [0.4, 0.5) is 4.39 Å². The van der Waals surface area contributed by atoms with Crippen LogP contribution in [0.25, 0.3) is 0 Å². The van der Waals surface area contributed by atoms with Crippen LogP contribution >= 0.6 is 0 Å². The Kier molecular flexibility index (Phi) is 7.60. The van der Waals surface area contributed by atoms with Crippen molar-refractivity contribution in [1.82, 2.24) is 5.32 Å². The Labute approximate surface area is 122 Å². The molecule has 1 rings (SSSR count). The zero-order valence-corrected chi connectivity index (χ0v) is 13.2. The molecule has 3 heteroatoms. The fourth-order valence-electron chi connectivity index (χ4n) is 2.28. The van der Waals surface area contributed by atoms with Crippen LogP contribution in [0.2, 0.25) is 0 Å². The lowest BCUT2D eigenvalue weighted by atomic mass is 9.97. The summed E-state index contributed by atoms with van der Waals surface area (Å²) in [6, 6.07) is 5.68. The van der Waals surface area contributed by atoms with Crippen LogP contribution in [-0.2, 0) is 6.42 Å². The molecule has 0 aliphatic carbocycles. The largest absolute Gasteiger partial charge is 0.494 e. The van der Waals surface area contributed by atoms with E-state index in [2.05, 4.69) is 26.1 Å². The molecule has 0 fully saturated rings. The van der Waals surface area contributed by atoms with Crippen molar-refractivity contribution in [3.05, 3.63) is 29.6 Å². The molecule has 1 N–H and O–H groups in total. The molecule has 1 unspecified atom stereocenters. The highest BCUT2D eigenvalue weighted by molar-refractivity contribution is 5.29. The average Bonchev–Trinajstić information content (AvgIpc) is 2.42. The molecule has 1 atom stereocenters. The molecular formula is C17H28FNO. The van der Waals surface area contributed by atoms with Crippen LogP contribution in [0.5, 0.6) is 5.75 Å². The molecule has 0 amide bonds. The van der Waals surface area contributed by atoms with Gasteiger partial charge in [-0.15, -0.1) is 0 Å². The molecule has 1 aromatic rings. The topological polar surface area (TPSA) is 21.3 Å². The molecule has 114 valence electrons. The Balaban J connectivity index is 2.64. The molecule has 0 aliphatic rings. The van der Waals surface area contributed by atoms with Gasteiger partial charge in [-0.25, -0.2) is 4.39 Å². The van der Waals surface area contributed by atoms with Crippen LogP contribution in [0.15, 0.2) is 18.2 Å². The van der Waals surface area contributed by atoms with Gasteiger partial charge in [-0.2, -0.15) is 0 Å². The number of hydrogen-bond donors (Lipinski definition) is 1. The predicted molar refractivity (Wildman–Crippen MR) is 82.8 cm³/mol. The van der Waals surface area contributed by atoms with E-state index in [9.17, 15) is 4.39 Å². The molecule has 0 aliphatic heterocycles. The summed E-state index contributed by atoms with van der Waals surface area (Å²) >= 11 is 0. The van der Waals surface area contributed by atoms with E-state index in [4.69, 9.17) is 4.74 Å². The summed E-state index contributed by atoms with van der Waals surface area (Å²) < 4.78 is 18.7. The first-order valence-electron chi connectivity index (χ1n) is 7.62. The van der Waals surface area contributed by atoms with Gasteiger partial charge in [0, 0.05) is 6.04 Å². The molecule has 0 bridgehead atoms. The molecule has 0 saturated heterocycles. The minimum absolute atomic E-state index is 0.275. The van der Waals surface area contributed by atoms with E-state index in [1.54, 1.807) is 12.1 Å². The summed E-state index contributed by atoms with van der Waals surface area (Å²) in [6.07, 6.45) is 4.31. The van der Waals surface area contributed by atoms with Gasteiger partial charge in [-0.05, 0) is 55.8 Å². The highest BCUT2D eigenvalue weighted by Crippen LogP contribution is 2.19. The van der Waals surface area contributed by atoms with E-state index in [1.807, 2.05) is 6.07 Å². The summed E-state index contributed by atoms with van der Waals surface area (Å²) in [5.41, 5.74) is 1.03. The Hall–Kier alpha value is -1.09. The summed E-state index contributed by atoms with van der Waals surface area (Å²) in [7, 11) is 1.49. The second kappa shape index (κ2) is 8.96. The zero-order valence-electron chi connectivity index (χ0n) is 13.2. The van der Waals surface area contributed by atoms with E-state index < -0.39 is 0 Å². The van der Waals surface area contributed by atoms with Crippen molar-refractivity contribution in [2.75, 3.05) is 13.7 Å². The van der Waals surface area contributed by atoms with E-state index in [0.29, 0.717) is 17.7 Å². The van der Waals surface area contributed by atoms with E-state index >= 15 is 0 Å². The maximum absolute atomic E-state index is 13.7. The number of hydrogen-bond acceptors (Lipinski definition) is 2. The lowest BCUT2D eigenvalue weighted by Gasteiger charge is -2.20. The van der Waals surface area contributed by atoms with Crippen molar-refractivity contribution in [2.45, 2.75) is 52.5 Å². The van der Waals surface area contributed by atoms with E-state index in [1.165, 1.54) is 13.5 Å². The first-order chi connectivity index (χ1) is 9.56. The standard InChI is InChI=1S/C17H28FNO/c1-5-10-19-15(8-6-13(2)3)11-14-7-9-17(20-4)16(18)12-14/h7,9,12-13,15,19H,5-6,8,10-11H2,1-4H3. The zero-order chi connectivity index (χ0) is 15.0. The fourth-order valence-corrected chi connectivity index (χ4v) is 2.28. The van der Waals surface area contributed by atoms with Gasteiger partial charge >= 0.3 is 0 Å². The fraction of sp³-hybridized carbons (Fsp3) is 0.647. The summed E-state index contributed by atoms with van der Waals surface area (Å²) in [6.45, 7) is 7.66. The first-order valence-corrected chi connectivity index (χ1v) is 7.62. The molecule has 20 heavy (non-hydrogen) atoms. The number of ether oxygens (including phenoxy) is 1. The second-order valence-corrected chi connectivity index (χ2v) is 5.80. The molecule has 2 nitrogen and oxygen atoms in total. The van der Waals surface area contributed by atoms with Gasteiger partial charge in [-0.1, -0.05) is 26.8 Å². The van der Waals surface area contributed by atoms with Gasteiger partial charge in [0.25, 0.3) is 0 Å². The van der Waals surface area contributed by atoms with Crippen molar-refractivity contribution >= 4 is 0 Å². The maximum atomic E-state index is 13.7. The molecule has 0 heterocycles. The number of benzene rings is 1. The van der Waals surface area contributed by atoms with Crippen LogP contribution in [-0.4, -0.2) is 19.7 Å². The van der Waals surface area contributed by atoms with Crippen LogP contribution in [0.3, 0.4) is 0 Å². The Bertz CT molecular complexity index is 393. The lowest BCUT2D eigenvalue weighted by Crippen LogP contribution is -2.32. The molecule has 0 radical (unpaired) electrons. The Morgan fingerprint density at radius 2 is 2.00 bits per heavy atom. The number of rotatable bonds is 9. The average molecular weight is 281 g/mol.